The highest BCUT2D eigenvalue weighted by atomic mass is 35.5. The topological polar surface area (TPSA) is 93.9 Å². The van der Waals surface area contributed by atoms with Crippen molar-refractivity contribution in [2.24, 2.45) is 0 Å². The Morgan fingerprint density at radius 2 is 1.82 bits per heavy atom. The third-order valence-electron chi connectivity index (χ3n) is 3.76. The van der Waals surface area contributed by atoms with Crippen LogP contribution in [0.3, 0.4) is 0 Å². The number of benzene rings is 2. The summed E-state index contributed by atoms with van der Waals surface area (Å²) in [6.45, 7) is 0. The third kappa shape index (κ3) is 4.49. The fourth-order valence-electron chi connectivity index (χ4n) is 2.33. The Labute approximate surface area is 171 Å². The number of anilines is 4. The van der Waals surface area contributed by atoms with Gasteiger partial charge >= 0.3 is 6.03 Å². The van der Waals surface area contributed by atoms with Crippen molar-refractivity contribution in [2.75, 3.05) is 22.6 Å². The van der Waals surface area contributed by atoms with Gasteiger partial charge in [-0.15, -0.1) is 0 Å². The molecule has 0 radical (unpaired) electrons. The molecule has 0 aliphatic carbocycles. The summed E-state index contributed by atoms with van der Waals surface area (Å²) in [6, 6.07) is 15.1. The van der Waals surface area contributed by atoms with Crippen molar-refractivity contribution in [1.29, 1.82) is 5.26 Å². The molecule has 2 aromatic carbocycles. The first-order chi connectivity index (χ1) is 13.5. The van der Waals surface area contributed by atoms with E-state index < -0.39 is 6.03 Å². The number of nitrogens with one attached hydrogen (secondary N) is 2. The molecule has 0 aliphatic heterocycles. The lowest BCUT2D eigenvalue weighted by atomic mass is 10.2. The molecule has 0 spiro atoms. The summed E-state index contributed by atoms with van der Waals surface area (Å²) in [6.07, 6.45) is 1.33. The number of carbonyl (C=O) groups is 1. The van der Waals surface area contributed by atoms with Crippen LogP contribution in [0.25, 0.3) is 0 Å². The number of nitrogens with zero attached hydrogens (tertiary/aromatic N) is 4. The van der Waals surface area contributed by atoms with Crippen molar-refractivity contribution in [1.82, 2.24) is 9.97 Å². The molecule has 140 valence electrons. The maximum atomic E-state index is 12.6. The van der Waals surface area contributed by atoms with E-state index in [1.54, 1.807) is 55.6 Å². The Kier molecular flexibility index (Phi) is 5.94. The van der Waals surface area contributed by atoms with Gasteiger partial charge in [-0.1, -0.05) is 35.3 Å². The van der Waals surface area contributed by atoms with Crippen LogP contribution in [0.1, 0.15) is 5.56 Å². The molecule has 7 nitrogen and oxygen atoms in total. The van der Waals surface area contributed by atoms with Crippen LogP contribution >= 0.6 is 23.2 Å². The smallest absolute Gasteiger partial charge is 0.327 e. The molecule has 1 aromatic heterocycles. The van der Waals surface area contributed by atoms with E-state index in [0.717, 1.165) is 0 Å². The van der Waals surface area contributed by atoms with Crippen LogP contribution in [-0.2, 0) is 0 Å². The van der Waals surface area contributed by atoms with Crippen molar-refractivity contribution in [3.05, 3.63) is 70.5 Å². The van der Waals surface area contributed by atoms with Crippen LogP contribution in [0.5, 0.6) is 0 Å². The molecule has 0 aliphatic rings. The molecule has 2 amide bonds. The van der Waals surface area contributed by atoms with E-state index in [4.69, 9.17) is 28.5 Å². The lowest BCUT2D eigenvalue weighted by Gasteiger charge is -2.18. The Morgan fingerprint density at radius 3 is 2.54 bits per heavy atom. The van der Waals surface area contributed by atoms with Gasteiger partial charge in [0, 0.05) is 18.8 Å². The second-order valence-electron chi connectivity index (χ2n) is 5.66. The van der Waals surface area contributed by atoms with Crippen LogP contribution in [0.4, 0.5) is 27.8 Å². The molecular formula is C19H14Cl2N6O. The van der Waals surface area contributed by atoms with Gasteiger partial charge < -0.3 is 10.6 Å². The first kappa shape index (κ1) is 19.4. The molecule has 9 heteroatoms. The van der Waals surface area contributed by atoms with Crippen LogP contribution < -0.4 is 15.5 Å². The quantitative estimate of drug-likeness (QED) is 0.623. The third-order valence-corrected chi connectivity index (χ3v) is 4.39. The van der Waals surface area contributed by atoms with Gasteiger partial charge in [-0.25, -0.2) is 14.8 Å². The summed E-state index contributed by atoms with van der Waals surface area (Å²) < 4.78 is 0. The normalized spacial score (nSPS) is 10.1. The van der Waals surface area contributed by atoms with Crippen LogP contribution in [0, 0.1) is 11.3 Å². The summed E-state index contributed by atoms with van der Waals surface area (Å²) in [5, 5.41) is 15.4. The fraction of sp³-hybridized carbons (Fsp3) is 0.0526. The average Bonchev–Trinajstić information content (AvgIpc) is 2.70. The number of halogens is 2. The van der Waals surface area contributed by atoms with E-state index in [1.807, 2.05) is 0 Å². The zero-order chi connectivity index (χ0) is 20.1. The molecule has 0 saturated heterocycles. The van der Waals surface area contributed by atoms with Gasteiger partial charge in [0.25, 0.3) is 0 Å². The zero-order valence-corrected chi connectivity index (χ0v) is 16.2. The number of urea groups is 1. The molecule has 2 N–H and O–H groups in total. The van der Waals surface area contributed by atoms with Gasteiger partial charge in [0.15, 0.2) is 0 Å². The van der Waals surface area contributed by atoms with Crippen molar-refractivity contribution in [3.63, 3.8) is 0 Å². The van der Waals surface area contributed by atoms with Gasteiger partial charge in [-0.2, -0.15) is 5.26 Å². The molecule has 28 heavy (non-hydrogen) atoms. The fourth-order valence-corrected chi connectivity index (χ4v) is 2.82. The van der Waals surface area contributed by atoms with Gasteiger partial charge in [0.2, 0.25) is 0 Å². The number of nitriles is 1. The number of amides is 2. The Balaban J connectivity index is 1.77. The molecule has 1 heterocycles. The van der Waals surface area contributed by atoms with Crippen LogP contribution in [0.15, 0.2) is 54.9 Å². The monoisotopic (exact) mass is 412 g/mol. The van der Waals surface area contributed by atoms with Crippen LogP contribution in [-0.4, -0.2) is 23.0 Å². The Bertz CT molecular complexity index is 1050. The first-order valence-corrected chi connectivity index (χ1v) is 8.81. The second-order valence-corrected chi connectivity index (χ2v) is 6.48. The summed E-state index contributed by atoms with van der Waals surface area (Å²) >= 11 is 12.2. The van der Waals surface area contributed by atoms with E-state index in [1.165, 1.54) is 11.2 Å². The van der Waals surface area contributed by atoms with Gasteiger partial charge in [-0.3, -0.25) is 4.90 Å². The highest BCUT2D eigenvalue weighted by Crippen LogP contribution is 2.30. The maximum absolute atomic E-state index is 12.6. The predicted octanol–water partition coefficient (Wildman–Crippen LogP) is 5.07. The Hall–Kier alpha value is -3.34. The van der Waals surface area contributed by atoms with Gasteiger partial charge in [-0.05, 0) is 30.3 Å². The SMILES string of the molecule is CN(C(=O)Nc1c(Cl)cccc1Cl)c1cc(Nc2cccc(C#N)c2)ncn1. The summed E-state index contributed by atoms with van der Waals surface area (Å²) in [5.74, 6) is 0.824. The summed E-state index contributed by atoms with van der Waals surface area (Å²) in [7, 11) is 1.56. The molecule has 0 bridgehead atoms. The largest absolute Gasteiger partial charge is 0.340 e. The summed E-state index contributed by atoms with van der Waals surface area (Å²) in [5.41, 5.74) is 1.54. The van der Waals surface area contributed by atoms with Gasteiger partial charge in [0.05, 0.1) is 27.4 Å². The standard InChI is InChI=1S/C19H14Cl2N6O/c1-27(19(28)26-18-14(20)6-3-7-15(18)21)17-9-16(23-11-24-17)25-13-5-2-4-12(8-13)10-22/h2-9,11H,1H3,(H,26,28)(H,23,24,25). The Morgan fingerprint density at radius 1 is 1.11 bits per heavy atom. The van der Waals surface area contributed by atoms with E-state index in [0.29, 0.717) is 38.6 Å². The first-order valence-electron chi connectivity index (χ1n) is 8.06. The van der Waals surface area contributed by atoms with E-state index >= 15 is 0 Å². The van der Waals surface area contributed by atoms with E-state index in [2.05, 4.69) is 26.7 Å². The number of para-hydroxylation sites is 1. The van der Waals surface area contributed by atoms with Crippen molar-refractivity contribution in [3.8, 4) is 6.07 Å². The molecule has 3 rings (SSSR count). The minimum Gasteiger partial charge on any atom is -0.340 e. The molecular weight excluding hydrogens is 399 g/mol. The molecule has 0 saturated carbocycles. The molecule has 0 unspecified atom stereocenters. The number of rotatable bonds is 4. The van der Waals surface area contributed by atoms with Crippen LogP contribution in [0.2, 0.25) is 10.0 Å². The maximum Gasteiger partial charge on any atom is 0.327 e. The number of carbonyl (C=O) groups excluding carboxylic acids is 1. The summed E-state index contributed by atoms with van der Waals surface area (Å²) in [4.78, 5) is 22.1. The lowest BCUT2D eigenvalue weighted by Crippen LogP contribution is -2.32. The van der Waals surface area contributed by atoms with E-state index in [-0.39, 0.29) is 0 Å². The van der Waals surface area contributed by atoms with Crippen molar-refractivity contribution in [2.45, 2.75) is 0 Å². The second kappa shape index (κ2) is 8.57. The minimum absolute atomic E-state index is 0.323. The zero-order valence-electron chi connectivity index (χ0n) is 14.6. The highest BCUT2D eigenvalue weighted by molar-refractivity contribution is 6.39. The minimum atomic E-state index is -0.467. The molecule has 3 aromatic rings. The molecule has 0 atom stereocenters. The number of hydrogen-bond donors (Lipinski definition) is 2. The highest BCUT2D eigenvalue weighted by Gasteiger charge is 2.16. The molecule has 0 fully saturated rings. The van der Waals surface area contributed by atoms with Crippen molar-refractivity contribution >= 4 is 52.2 Å². The van der Waals surface area contributed by atoms with Crippen molar-refractivity contribution < 1.29 is 4.79 Å². The number of aromatic nitrogens is 2. The van der Waals surface area contributed by atoms with Gasteiger partial charge in [0.1, 0.15) is 18.0 Å². The predicted molar refractivity (Wildman–Crippen MR) is 110 cm³/mol. The average molecular weight is 413 g/mol. The lowest BCUT2D eigenvalue weighted by molar-refractivity contribution is 0.258. The van der Waals surface area contributed by atoms with E-state index in [9.17, 15) is 4.79 Å². The number of hydrogen-bond acceptors (Lipinski definition) is 5.